The molecule has 0 fully saturated rings. The van der Waals surface area contributed by atoms with Crippen LogP contribution in [0.2, 0.25) is 0 Å². The average molecular weight is 483 g/mol. The molecule has 2 aromatic rings. The molecule has 3 rings (SSSR count). The van der Waals surface area contributed by atoms with E-state index in [0.29, 0.717) is 13.0 Å². The number of rotatable bonds is 12. The Kier molecular flexibility index (Phi) is 9.25. The standard InChI is InChI=1S/C27H34N2O6/c1-17(2)24(15-25(30)28-23(26(31)32)13-8-14-34-3)29-27(33)35-16-22-20-11-6-4-9-18(20)19-10-5-7-12-21(19)22/h4-7,9-12,17,22-24H,8,13-16H2,1-3H3,(H,28,30)(H,29,33)(H,31,32)/t23?,24-/m1/s1. The zero-order valence-electron chi connectivity index (χ0n) is 20.5. The number of ether oxygens (including phenoxy) is 2. The molecule has 2 aromatic carbocycles. The topological polar surface area (TPSA) is 114 Å². The van der Waals surface area contributed by atoms with Crippen LogP contribution >= 0.6 is 0 Å². The molecular formula is C27H34N2O6. The first-order chi connectivity index (χ1) is 16.8. The lowest BCUT2D eigenvalue weighted by atomic mass is 9.98. The molecule has 0 aromatic heterocycles. The minimum absolute atomic E-state index is 0.0457. The van der Waals surface area contributed by atoms with Gasteiger partial charge in [-0.25, -0.2) is 9.59 Å². The van der Waals surface area contributed by atoms with E-state index in [1.807, 2.05) is 50.2 Å². The van der Waals surface area contributed by atoms with Gasteiger partial charge in [-0.05, 0) is 41.0 Å². The number of aliphatic carboxylic acids is 1. The number of hydrogen-bond acceptors (Lipinski definition) is 5. The Morgan fingerprint density at radius 1 is 0.971 bits per heavy atom. The fourth-order valence-corrected chi connectivity index (χ4v) is 4.39. The van der Waals surface area contributed by atoms with Gasteiger partial charge in [0.15, 0.2) is 0 Å². The van der Waals surface area contributed by atoms with Crippen molar-refractivity contribution >= 4 is 18.0 Å². The number of carbonyl (C=O) groups excluding carboxylic acids is 2. The SMILES string of the molecule is COCCCC(NC(=O)C[C@@H](NC(=O)OCC1c2ccccc2-c2ccccc21)C(C)C)C(=O)O. The third-order valence-electron chi connectivity index (χ3n) is 6.33. The number of benzene rings is 2. The van der Waals surface area contributed by atoms with E-state index < -0.39 is 30.1 Å². The second-order valence-electron chi connectivity index (χ2n) is 9.12. The molecule has 0 saturated heterocycles. The fraction of sp³-hybridized carbons (Fsp3) is 0.444. The van der Waals surface area contributed by atoms with Crippen LogP contribution in [0, 0.1) is 5.92 Å². The van der Waals surface area contributed by atoms with Gasteiger partial charge in [-0.3, -0.25) is 4.79 Å². The number of amides is 2. The highest BCUT2D eigenvalue weighted by Crippen LogP contribution is 2.44. The molecule has 0 aliphatic heterocycles. The van der Waals surface area contributed by atoms with Crippen LogP contribution in [0.1, 0.15) is 50.2 Å². The predicted octanol–water partition coefficient (Wildman–Crippen LogP) is 3.94. The monoisotopic (exact) mass is 482 g/mol. The second kappa shape index (κ2) is 12.4. The van der Waals surface area contributed by atoms with Crippen LogP contribution in [0.5, 0.6) is 0 Å². The Balaban J connectivity index is 1.57. The summed E-state index contributed by atoms with van der Waals surface area (Å²) in [6.45, 7) is 4.36. The van der Waals surface area contributed by atoms with Crippen molar-refractivity contribution in [1.29, 1.82) is 0 Å². The summed E-state index contributed by atoms with van der Waals surface area (Å²) in [5.74, 6) is -1.65. The van der Waals surface area contributed by atoms with Gasteiger partial charge in [0.2, 0.25) is 5.91 Å². The highest BCUT2D eigenvalue weighted by atomic mass is 16.5. The number of fused-ring (bicyclic) bond motifs is 3. The van der Waals surface area contributed by atoms with Gasteiger partial charge in [-0.1, -0.05) is 62.4 Å². The van der Waals surface area contributed by atoms with Crippen molar-refractivity contribution in [2.24, 2.45) is 5.92 Å². The first kappa shape index (κ1) is 26.2. The summed E-state index contributed by atoms with van der Waals surface area (Å²) >= 11 is 0. The molecule has 0 bridgehead atoms. The first-order valence-corrected chi connectivity index (χ1v) is 11.9. The molecule has 35 heavy (non-hydrogen) atoms. The smallest absolute Gasteiger partial charge is 0.407 e. The number of alkyl carbamates (subject to hydrolysis) is 1. The van der Waals surface area contributed by atoms with Gasteiger partial charge in [0, 0.05) is 32.1 Å². The molecule has 2 atom stereocenters. The van der Waals surface area contributed by atoms with Crippen LogP contribution < -0.4 is 10.6 Å². The summed E-state index contributed by atoms with van der Waals surface area (Å²) in [6.07, 6.45) is 0.129. The quantitative estimate of drug-likeness (QED) is 0.395. The summed E-state index contributed by atoms with van der Waals surface area (Å²) < 4.78 is 10.5. The number of nitrogens with one attached hydrogen (secondary N) is 2. The normalized spacial score (nSPS) is 14.1. The molecule has 0 heterocycles. The maximum Gasteiger partial charge on any atom is 0.407 e. The lowest BCUT2D eigenvalue weighted by Gasteiger charge is -2.23. The van der Waals surface area contributed by atoms with Crippen LogP contribution in [0.4, 0.5) is 4.79 Å². The van der Waals surface area contributed by atoms with Gasteiger partial charge in [0.05, 0.1) is 0 Å². The van der Waals surface area contributed by atoms with Gasteiger partial charge in [-0.15, -0.1) is 0 Å². The van der Waals surface area contributed by atoms with Crippen LogP contribution in [0.15, 0.2) is 48.5 Å². The van der Waals surface area contributed by atoms with Gasteiger partial charge < -0.3 is 25.2 Å². The van der Waals surface area contributed by atoms with E-state index in [0.717, 1.165) is 22.3 Å². The number of carboxylic acids is 1. The van der Waals surface area contributed by atoms with E-state index in [-0.39, 0.29) is 31.3 Å². The summed E-state index contributed by atoms with van der Waals surface area (Å²) in [5, 5.41) is 14.7. The third-order valence-corrected chi connectivity index (χ3v) is 6.33. The molecule has 3 N–H and O–H groups in total. The molecule has 0 radical (unpaired) electrons. The molecular weight excluding hydrogens is 448 g/mol. The van der Waals surface area contributed by atoms with Crippen molar-refractivity contribution in [3.8, 4) is 11.1 Å². The average Bonchev–Trinajstić information content (AvgIpc) is 3.15. The van der Waals surface area contributed by atoms with E-state index >= 15 is 0 Å². The Morgan fingerprint density at radius 2 is 1.57 bits per heavy atom. The highest BCUT2D eigenvalue weighted by Gasteiger charge is 2.30. The maximum absolute atomic E-state index is 12.7. The number of hydrogen-bond donors (Lipinski definition) is 3. The van der Waals surface area contributed by atoms with Gasteiger partial charge in [0.1, 0.15) is 12.6 Å². The van der Waals surface area contributed by atoms with Crippen LogP contribution in [-0.4, -0.2) is 55.5 Å². The molecule has 1 aliphatic rings. The fourth-order valence-electron chi connectivity index (χ4n) is 4.39. The van der Waals surface area contributed by atoms with E-state index in [9.17, 15) is 19.5 Å². The Hall–Kier alpha value is -3.39. The molecule has 2 amide bonds. The molecule has 0 spiro atoms. The van der Waals surface area contributed by atoms with E-state index in [4.69, 9.17) is 9.47 Å². The summed E-state index contributed by atoms with van der Waals surface area (Å²) in [7, 11) is 1.54. The molecule has 8 heteroatoms. The van der Waals surface area contributed by atoms with Crippen LogP contribution in [0.3, 0.4) is 0 Å². The lowest BCUT2D eigenvalue weighted by Crippen LogP contribution is -2.46. The van der Waals surface area contributed by atoms with Gasteiger partial charge in [0.25, 0.3) is 0 Å². The second-order valence-corrected chi connectivity index (χ2v) is 9.12. The molecule has 1 aliphatic carbocycles. The minimum atomic E-state index is -1.10. The zero-order valence-corrected chi connectivity index (χ0v) is 20.5. The van der Waals surface area contributed by atoms with Crippen molar-refractivity contribution in [3.05, 3.63) is 59.7 Å². The number of methoxy groups -OCH3 is 1. The lowest BCUT2D eigenvalue weighted by molar-refractivity contribution is -0.142. The third kappa shape index (κ3) is 6.82. The van der Waals surface area contributed by atoms with Crippen LogP contribution in [-0.2, 0) is 19.1 Å². The predicted molar refractivity (Wildman–Crippen MR) is 132 cm³/mol. The summed E-state index contributed by atoms with van der Waals surface area (Å²) in [4.78, 5) is 36.7. The largest absolute Gasteiger partial charge is 0.480 e. The van der Waals surface area contributed by atoms with Crippen molar-refractivity contribution in [2.45, 2.75) is 51.1 Å². The van der Waals surface area contributed by atoms with Crippen molar-refractivity contribution < 1.29 is 29.0 Å². The summed E-state index contributed by atoms with van der Waals surface area (Å²) in [5.41, 5.74) is 4.53. The zero-order chi connectivity index (χ0) is 25.4. The number of carbonyl (C=O) groups is 3. The van der Waals surface area contributed by atoms with Crippen molar-refractivity contribution in [1.82, 2.24) is 10.6 Å². The van der Waals surface area contributed by atoms with Gasteiger partial charge >= 0.3 is 12.1 Å². The Morgan fingerprint density at radius 3 is 2.11 bits per heavy atom. The Labute approximate surface area is 206 Å². The van der Waals surface area contributed by atoms with Gasteiger partial charge in [-0.2, -0.15) is 0 Å². The van der Waals surface area contributed by atoms with E-state index in [1.54, 1.807) is 0 Å². The van der Waals surface area contributed by atoms with E-state index in [2.05, 4.69) is 22.8 Å². The summed E-state index contributed by atoms with van der Waals surface area (Å²) in [6, 6.07) is 14.7. The molecule has 0 saturated carbocycles. The Bertz CT molecular complexity index is 992. The van der Waals surface area contributed by atoms with E-state index in [1.165, 1.54) is 7.11 Å². The molecule has 1 unspecified atom stereocenters. The van der Waals surface area contributed by atoms with Crippen molar-refractivity contribution in [2.75, 3.05) is 20.3 Å². The minimum Gasteiger partial charge on any atom is -0.480 e. The van der Waals surface area contributed by atoms with Crippen LogP contribution in [0.25, 0.3) is 11.1 Å². The molecule has 188 valence electrons. The van der Waals surface area contributed by atoms with Crippen molar-refractivity contribution in [3.63, 3.8) is 0 Å². The molecule has 8 nitrogen and oxygen atoms in total. The maximum atomic E-state index is 12.7. The highest BCUT2D eigenvalue weighted by molar-refractivity contribution is 5.84. The number of carboxylic acid groups (broad SMARTS) is 1. The first-order valence-electron chi connectivity index (χ1n) is 11.9.